The number of likely N-dealkylation sites (tertiary alicyclic amines) is 1. The Labute approximate surface area is 160 Å². The highest BCUT2D eigenvalue weighted by Gasteiger charge is 2.53. The lowest BCUT2D eigenvalue weighted by molar-refractivity contribution is -0.142. The van der Waals surface area contributed by atoms with Crippen LogP contribution >= 0.6 is 0 Å². The smallest absolute Gasteiger partial charge is 0.407 e. The molecule has 2 saturated heterocycles. The van der Waals surface area contributed by atoms with Crippen LogP contribution in [0.25, 0.3) is 0 Å². The van der Waals surface area contributed by atoms with Crippen LogP contribution in [0.5, 0.6) is 0 Å². The van der Waals surface area contributed by atoms with E-state index in [1.54, 1.807) is 0 Å². The topological polar surface area (TPSA) is 58.6 Å². The van der Waals surface area contributed by atoms with Crippen molar-refractivity contribution < 1.29 is 14.3 Å². The predicted octanol–water partition coefficient (Wildman–Crippen LogP) is 3.47. The van der Waals surface area contributed by atoms with Crippen LogP contribution in [0.1, 0.15) is 67.1 Å². The summed E-state index contributed by atoms with van der Waals surface area (Å²) < 4.78 is 5.01. The maximum Gasteiger partial charge on any atom is 0.407 e. The average Bonchev–Trinajstić information content (AvgIpc) is 3.42. The highest BCUT2D eigenvalue weighted by atomic mass is 16.6. The van der Waals surface area contributed by atoms with E-state index >= 15 is 0 Å². The van der Waals surface area contributed by atoms with E-state index in [1.807, 2.05) is 4.90 Å². The summed E-state index contributed by atoms with van der Waals surface area (Å²) in [6, 6.07) is 7.04. The number of aryl methyl sites for hydroxylation is 1. The molecule has 0 radical (unpaired) electrons. The van der Waals surface area contributed by atoms with Crippen LogP contribution in [0.3, 0.4) is 0 Å². The van der Waals surface area contributed by atoms with Crippen LogP contribution < -0.4 is 5.32 Å². The molecule has 5 rings (SSSR count). The highest BCUT2D eigenvalue weighted by Crippen LogP contribution is 2.43. The third kappa shape index (κ3) is 3.11. The Balaban J connectivity index is 1.16. The molecule has 1 N–H and O–H groups in total. The molecule has 4 fully saturated rings. The van der Waals surface area contributed by atoms with Gasteiger partial charge in [-0.3, -0.25) is 4.79 Å². The molecule has 0 bridgehead atoms. The number of nitrogens with one attached hydrogen (secondary N) is 1. The summed E-state index contributed by atoms with van der Waals surface area (Å²) in [5.74, 6) is 1.68. The molecule has 2 heterocycles. The predicted molar refractivity (Wildman–Crippen MR) is 102 cm³/mol. The van der Waals surface area contributed by atoms with Gasteiger partial charge in [-0.1, -0.05) is 18.2 Å². The Bertz CT molecular complexity index is 772. The monoisotopic (exact) mass is 368 g/mol. The average molecular weight is 368 g/mol. The van der Waals surface area contributed by atoms with Crippen molar-refractivity contribution in [2.75, 3.05) is 19.7 Å². The fraction of sp³-hybridized carbons (Fsp3) is 0.636. The summed E-state index contributed by atoms with van der Waals surface area (Å²) in [5, 5.41) is 2.87. The summed E-state index contributed by atoms with van der Waals surface area (Å²) >= 11 is 0. The van der Waals surface area contributed by atoms with E-state index in [4.69, 9.17) is 4.74 Å². The minimum absolute atomic E-state index is 0.0445. The van der Waals surface area contributed by atoms with E-state index in [-0.39, 0.29) is 23.5 Å². The zero-order valence-electron chi connectivity index (χ0n) is 16.0. The Morgan fingerprint density at radius 3 is 2.48 bits per heavy atom. The molecule has 2 saturated carbocycles. The number of rotatable bonds is 3. The van der Waals surface area contributed by atoms with E-state index in [0.717, 1.165) is 44.7 Å². The van der Waals surface area contributed by atoms with Gasteiger partial charge in [0.05, 0.1) is 5.54 Å². The van der Waals surface area contributed by atoms with Gasteiger partial charge in [-0.05, 0) is 74.0 Å². The van der Waals surface area contributed by atoms with Gasteiger partial charge in [0, 0.05) is 19.0 Å². The molecule has 1 aromatic carbocycles. The van der Waals surface area contributed by atoms with Crippen molar-refractivity contribution in [1.29, 1.82) is 0 Å². The first-order valence-electron chi connectivity index (χ1n) is 10.4. The van der Waals surface area contributed by atoms with Gasteiger partial charge < -0.3 is 15.0 Å². The Kier molecular flexibility index (Phi) is 3.95. The summed E-state index contributed by atoms with van der Waals surface area (Å²) in [4.78, 5) is 26.1. The summed E-state index contributed by atoms with van der Waals surface area (Å²) in [7, 11) is 0. The quantitative estimate of drug-likeness (QED) is 0.889. The van der Waals surface area contributed by atoms with Crippen LogP contribution in [0.4, 0.5) is 4.79 Å². The molecule has 0 unspecified atom stereocenters. The highest BCUT2D eigenvalue weighted by molar-refractivity contribution is 5.81. The van der Waals surface area contributed by atoms with E-state index in [1.165, 1.54) is 29.5 Å². The van der Waals surface area contributed by atoms with Crippen LogP contribution in [-0.4, -0.2) is 42.1 Å². The number of alkyl carbamates (subject to hydrolysis) is 1. The number of cyclic esters (lactones) is 1. The van der Waals surface area contributed by atoms with Crippen LogP contribution in [0.2, 0.25) is 0 Å². The maximum atomic E-state index is 12.8. The fourth-order valence-electron chi connectivity index (χ4n) is 5.27. The molecule has 0 aromatic heterocycles. The lowest BCUT2D eigenvalue weighted by atomic mass is 9.68. The number of carbonyl (C=O) groups excluding carboxylic acids is 2. The number of piperidine rings is 1. The van der Waals surface area contributed by atoms with Crippen molar-refractivity contribution in [2.24, 2.45) is 5.92 Å². The Hall–Kier alpha value is -2.04. The number of nitrogens with zero attached hydrogens (tertiary/aromatic N) is 1. The van der Waals surface area contributed by atoms with Gasteiger partial charge in [0.2, 0.25) is 5.91 Å². The molecule has 1 aromatic rings. The summed E-state index contributed by atoms with van der Waals surface area (Å²) in [5.41, 5.74) is 4.13. The van der Waals surface area contributed by atoms with Crippen molar-refractivity contribution in [3.05, 3.63) is 34.9 Å². The number of carbonyl (C=O) groups is 2. The normalized spacial score (nSPS) is 30.8. The molecule has 2 aliphatic carbocycles. The lowest BCUT2D eigenvalue weighted by Crippen LogP contribution is -2.58. The van der Waals surface area contributed by atoms with Gasteiger partial charge in [0.1, 0.15) is 6.61 Å². The molecule has 27 heavy (non-hydrogen) atoms. The molecule has 2 amide bonds. The first-order valence-corrected chi connectivity index (χ1v) is 10.4. The van der Waals surface area contributed by atoms with Crippen molar-refractivity contribution in [2.45, 2.75) is 62.8 Å². The van der Waals surface area contributed by atoms with Crippen molar-refractivity contribution >= 4 is 12.0 Å². The van der Waals surface area contributed by atoms with Crippen LogP contribution in [-0.2, 0) is 9.53 Å². The number of hydrogen-bond acceptors (Lipinski definition) is 3. The maximum absolute atomic E-state index is 12.8. The Morgan fingerprint density at radius 2 is 1.89 bits per heavy atom. The molecular formula is C22H28N2O3. The number of hydrogen-bond donors (Lipinski definition) is 1. The van der Waals surface area contributed by atoms with Crippen molar-refractivity contribution in [3.63, 3.8) is 0 Å². The zero-order chi connectivity index (χ0) is 18.6. The molecular weight excluding hydrogens is 340 g/mol. The SMILES string of the molecule is Cc1cc(C2CC2)ccc1C1CCN(C(=O)C2CC3(COC(=O)N3)C2)CC1. The minimum atomic E-state index is -0.343. The second-order valence-corrected chi connectivity index (χ2v) is 9.08. The van der Waals surface area contributed by atoms with Gasteiger partial charge in [-0.25, -0.2) is 4.79 Å². The van der Waals surface area contributed by atoms with E-state index < -0.39 is 0 Å². The van der Waals surface area contributed by atoms with Gasteiger partial charge in [0.25, 0.3) is 0 Å². The molecule has 5 nitrogen and oxygen atoms in total. The van der Waals surface area contributed by atoms with Crippen LogP contribution in [0, 0.1) is 12.8 Å². The fourth-order valence-corrected chi connectivity index (χ4v) is 5.27. The van der Waals surface area contributed by atoms with Crippen molar-refractivity contribution in [1.82, 2.24) is 10.2 Å². The number of amides is 2. The molecule has 144 valence electrons. The molecule has 1 spiro atoms. The molecule has 5 heteroatoms. The minimum Gasteiger partial charge on any atom is -0.447 e. The Morgan fingerprint density at radius 1 is 1.15 bits per heavy atom. The van der Waals surface area contributed by atoms with Gasteiger partial charge in [-0.15, -0.1) is 0 Å². The zero-order valence-corrected chi connectivity index (χ0v) is 16.0. The largest absolute Gasteiger partial charge is 0.447 e. The standard InChI is InChI=1S/C22H28N2O3/c1-14-10-17(15-2-3-15)4-5-19(14)16-6-8-24(9-7-16)20(25)18-11-22(12-18)13-27-21(26)23-22/h4-5,10,15-16,18H,2-3,6-9,11-13H2,1H3,(H,23,26). The van der Waals surface area contributed by atoms with E-state index in [0.29, 0.717) is 12.5 Å². The number of ether oxygens (including phenoxy) is 1. The molecule has 4 aliphatic rings. The van der Waals surface area contributed by atoms with E-state index in [2.05, 4.69) is 30.4 Å². The first kappa shape index (κ1) is 17.1. The van der Waals surface area contributed by atoms with Gasteiger partial charge >= 0.3 is 6.09 Å². The lowest BCUT2D eigenvalue weighted by Gasteiger charge is -2.45. The summed E-state index contributed by atoms with van der Waals surface area (Å²) in [6.45, 7) is 4.34. The second-order valence-electron chi connectivity index (χ2n) is 9.08. The van der Waals surface area contributed by atoms with Crippen molar-refractivity contribution in [3.8, 4) is 0 Å². The van der Waals surface area contributed by atoms with E-state index in [9.17, 15) is 9.59 Å². The second kappa shape index (κ2) is 6.25. The van der Waals surface area contributed by atoms with Gasteiger partial charge in [0.15, 0.2) is 0 Å². The summed E-state index contributed by atoms with van der Waals surface area (Å²) in [6.07, 6.45) is 5.89. The number of benzene rings is 1. The molecule has 0 atom stereocenters. The first-order chi connectivity index (χ1) is 13.0. The third-order valence-electron chi connectivity index (χ3n) is 7.06. The molecule has 2 aliphatic heterocycles. The third-order valence-corrected chi connectivity index (χ3v) is 7.06. The van der Waals surface area contributed by atoms with Crippen LogP contribution in [0.15, 0.2) is 18.2 Å². The van der Waals surface area contributed by atoms with Gasteiger partial charge in [-0.2, -0.15) is 0 Å².